The minimum atomic E-state index is -3.10. The maximum absolute atomic E-state index is 11.6. The van der Waals surface area contributed by atoms with Gasteiger partial charge in [0.05, 0.1) is 5.75 Å². The van der Waals surface area contributed by atoms with Gasteiger partial charge in [0.15, 0.2) is 5.96 Å². The van der Waals surface area contributed by atoms with Gasteiger partial charge in [-0.1, -0.05) is 26.7 Å². The first-order valence-electron chi connectivity index (χ1n) is 8.19. The zero-order valence-corrected chi connectivity index (χ0v) is 15.6. The van der Waals surface area contributed by atoms with Crippen molar-refractivity contribution in [3.05, 3.63) is 0 Å². The van der Waals surface area contributed by atoms with E-state index < -0.39 is 10.0 Å². The quantitative estimate of drug-likeness (QED) is 0.342. The van der Waals surface area contributed by atoms with Crippen molar-refractivity contribution < 1.29 is 8.42 Å². The van der Waals surface area contributed by atoms with Crippen LogP contribution in [0.15, 0.2) is 4.99 Å². The van der Waals surface area contributed by atoms with Crippen LogP contribution in [-0.4, -0.2) is 50.6 Å². The van der Waals surface area contributed by atoms with Gasteiger partial charge in [-0.3, -0.25) is 4.99 Å². The predicted molar refractivity (Wildman–Crippen MR) is 94.5 cm³/mol. The number of nitrogens with one attached hydrogen (secondary N) is 1. The van der Waals surface area contributed by atoms with E-state index in [0.29, 0.717) is 31.5 Å². The third kappa shape index (κ3) is 10.00. The lowest BCUT2D eigenvalue weighted by atomic mass is 10.0. The molecule has 1 atom stereocenters. The van der Waals surface area contributed by atoms with Crippen molar-refractivity contribution in [2.24, 2.45) is 16.6 Å². The third-order valence-electron chi connectivity index (χ3n) is 3.57. The molecule has 0 rings (SSSR count). The molecule has 0 amide bonds. The maximum Gasteiger partial charge on any atom is 0.213 e. The van der Waals surface area contributed by atoms with E-state index in [4.69, 9.17) is 5.73 Å². The Kier molecular flexibility index (Phi) is 10.4. The van der Waals surface area contributed by atoms with E-state index in [9.17, 15) is 8.42 Å². The molecule has 0 saturated heterocycles. The molecule has 0 heterocycles. The van der Waals surface area contributed by atoms with Crippen LogP contribution in [0.3, 0.4) is 0 Å². The van der Waals surface area contributed by atoms with Gasteiger partial charge >= 0.3 is 0 Å². The Bertz CT molecular complexity index is 421. The average Bonchev–Trinajstić information content (AvgIpc) is 2.42. The number of aliphatic imine (C=N–C) groups is 1. The van der Waals surface area contributed by atoms with Crippen molar-refractivity contribution in [2.45, 2.75) is 59.4 Å². The number of sulfonamides is 1. The second-order valence-electron chi connectivity index (χ2n) is 6.21. The van der Waals surface area contributed by atoms with Gasteiger partial charge < -0.3 is 11.1 Å². The molecule has 0 aliphatic heterocycles. The number of rotatable bonds is 11. The van der Waals surface area contributed by atoms with Crippen molar-refractivity contribution in [1.29, 1.82) is 0 Å². The summed E-state index contributed by atoms with van der Waals surface area (Å²) in [6, 6.07) is 0.311. The number of hydrogen-bond donors (Lipinski definition) is 2. The Balaban J connectivity index is 3.94. The molecular weight excluding hydrogens is 300 g/mol. The highest BCUT2D eigenvalue weighted by Gasteiger charge is 2.13. The average molecular weight is 335 g/mol. The maximum atomic E-state index is 11.6. The molecule has 0 aliphatic rings. The van der Waals surface area contributed by atoms with Gasteiger partial charge in [0.25, 0.3) is 0 Å². The molecule has 0 aliphatic carbocycles. The van der Waals surface area contributed by atoms with Crippen molar-refractivity contribution in [3.63, 3.8) is 0 Å². The largest absolute Gasteiger partial charge is 0.370 e. The summed E-state index contributed by atoms with van der Waals surface area (Å²) in [5, 5.41) is 3.18. The summed E-state index contributed by atoms with van der Waals surface area (Å²) >= 11 is 0. The summed E-state index contributed by atoms with van der Waals surface area (Å²) in [5.41, 5.74) is 5.84. The third-order valence-corrected chi connectivity index (χ3v) is 5.43. The Morgan fingerprint density at radius 1 is 1.23 bits per heavy atom. The Morgan fingerprint density at radius 2 is 1.86 bits per heavy atom. The lowest BCUT2D eigenvalue weighted by Gasteiger charge is -2.16. The molecular formula is C15H34N4O2S. The predicted octanol–water partition coefficient (Wildman–Crippen LogP) is 1.78. The fourth-order valence-corrected chi connectivity index (χ4v) is 2.90. The van der Waals surface area contributed by atoms with Gasteiger partial charge in [-0.25, -0.2) is 12.7 Å². The number of nitrogens with zero attached hydrogens (tertiary/aromatic N) is 2. The molecule has 0 aromatic carbocycles. The molecule has 22 heavy (non-hydrogen) atoms. The molecule has 3 N–H and O–H groups in total. The molecule has 0 saturated carbocycles. The smallest absolute Gasteiger partial charge is 0.213 e. The van der Waals surface area contributed by atoms with Crippen LogP contribution in [-0.2, 0) is 10.0 Å². The van der Waals surface area contributed by atoms with Crippen LogP contribution in [0, 0.1) is 5.92 Å². The van der Waals surface area contributed by atoms with Crippen LogP contribution in [0.5, 0.6) is 0 Å². The molecule has 0 fully saturated rings. The van der Waals surface area contributed by atoms with Crippen molar-refractivity contribution >= 4 is 16.0 Å². The van der Waals surface area contributed by atoms with Crippen LogP contribution >= 0.6 is 0 Å². The standard InChI is InChI=1S/C15H34N4O2S/c1-6-22(20,21)19(5)12-8-11-17-15(16)18-14(4)10-7-9-13(2)3/h13-14H,6-12H2,1-5H3,(H3,16,17,18). The fourth-order valence-electron chi connectivity index (χ4n) is 2.05. The monoisotopic (exact) mass is 334 g/mol. The van der Waals surface area contributed by atoms with Gasteiger partial charge in [0.2, 0.25) is 10.0 Å². The highest BCUT2D eigenvalue weighted by Crippen LogP contribution is 2.08. The normalized spacial score (nSPS) is 14.6. The lowest BCUT2D eigenvalue weighted by Crippen LogP contribution is -2.38. The van der Waals surface area contributed by atoms with Gasteiger partial charge in [0.1, 0.15) is 0 Å². The van der Waals surface area contributed by atoms with E-state index in [2.05, 4.69) is 31.1 Å². The summed E-state index contributed by atoms with van der Waals surface area (Å²) in [7, 11) is -1.50. The molecule has 0 radical (unpaired) electrons. The molecule has 0 aromatic heterocycles. The topological polar surface area (TPSA) is 87.8 Å². The first-order chi connectivity index (χ1) is 10.2. The molecule has 0 spiro atoms. The van der Waals surface area contributed by atoms with Gasteiger partial charge in [-0.15, -0.1) is 0 Å². The number of nitrogens with two attached hydrogens (primary N) is 1. The fraction of sp³-hybridized carbons (Fsp3) is 0.933. The van der Waals surface area contributed by atoms with Gasteiger partial charge in [-0.2, -0.15) is 0 Å². The summed E-state index contributed by atoms with van der Waals surface area (Å²) in [6.45, 7) is 9.20. The van der Waals surface area contributed by atoms with E-state index in [1.54, 1.807) is 14.0 Å². The molecule has 1 unspecified atom stereocenters. The van der Waals surface area contributed by atoms with E-state index in [0.717, 1.165) is 12.3 Å². The number of hydrogen-bond acceptors (Lipinski definition) is 3. The lowest BCUT2D eigenvalue weighted by molar-refractivity contribution is 0.464. The molecule has 0 bridgehead atoms. The van der Waals surface area contributed by atoms with Crippen LogP contribution < -0.4 is 11.1 Å². The van der Waals surface area contributed by atoms with E-state index in [1.165, 1.54) is 17.1 Å². The Hall–Kier alpha value is -0.820. The molecule has 132 valence electrons. The van der Waals surface area contributed by atoms with Crippen LogP contribution in [0.1, 0.15) is 53.4 Å². The summed E-state index contributed by atoms with van der Waals surface area (Å²) in [4.78, 5) is 4.25. The minimum Gasteiger partial charge on any atom is -0.370 e. The highest BCUT2D eigenvalue weighted by atomic mass is 32.2. The second kappa shape index (κ2) is 10.8. The van der Waals surface area contributed by atoms with E-state index >= 15 is 0 Å². The summed E-state index contributed by atoms with van der Waals surface area (Å²) < 4.78 is 24.5. The SMILES string of the molecule is CCS(=O)(=O)N(C)CCCN=C(N)NC(C)CCCC(C)C. The Labute approximate surface area is 136 Å². The second-order valence-corrected chi connectivity index (χ2v) is 8.58. The van der Waals surface area contributed by atoms with Crippen LogP contribution in [0.4, 0.5) is 0 Å². The molecule has 0 aromatic rings. The zero-order chi connectivity index (χ0) is 17.2. The van der Waals surface area contributed by atoms with Gasteiger partial charge in [0, 0.05) is 26.2 Å². The first-order valence-corrected chi connectivity index (χ1v) is 9.80. The minimum absolute atomic E-state index is 0.129. The highest BCUT2D eigenvalue weighted by molar-refractivity contribution is 7.89. The molecule has 6 nitrogen and oxygen atoms in total. The van der Waals surface area contributed by atoms with Crippen LogP contribution in [0.2, 0.25) is 0 Å². The summed E-state index contributed by atoms with van der Waals surface area (Å²) in [6.07, 6.45) is 4.14. The zero-order valence-electron chi connectivity index (χ0n) is 14.8. The Morgan fingerprint density at radius 3 is 2.41 bits per heavy atom. The van der Waals surface area contributed by atoms with E-state index in [-0.39, 0.29) is 5.75 Å². The molecule has 7 heteroatoms. The van der Waals surface area contributed by atoms with Crippen LogP contribution in [0.25, 0.3) is 0 Å². The number of guanidine groups is 1. The first kappa shape index (κ1) is 21.2. The van der Waals surface area contributed by atoms with Crippen molar-refractivity contribution in [2.75, 3.05) is 25.9 Å². The van der Waals surface area contributed by atoms with E-state index in [1.807, 2.05) is 0 Å². The van der Waals surface area contributed by atoms with Crippen molar-refractivity contribution in [1.82, 2.24) is 9.62 Å². The summed E-state index contributed by atoms with van der Waals surface area (Å²) in [5.74, 6) is 1.30. The van der Waals surface area contributed by atoms with Gasteiger partial charge in [-0.05, 0) is 32.6 Å². The van der Waals surface area contributed by atoms with Crippen molar-refractivity contribution in [3.8, 4) is 0 Å².